The van der Waals surface area contributed by atoms with Crippen molar-refractivity contribution in [2.45, 2.75) is 11.4 Å². The molecule has 2 aromatic carbocycles. The van der Waals surface area contributed by atoms with Gasteiger partial charge in [-0.05, 0) is 52.4 Å². The zero-order chi connectivity index (χ0) is 18.4. The van der Waals surface area contributed by atoms with Crippen molar-refractivity contribution in [3.05, 3.63) is 63.2 Å². The Morgan fingerprint density at radius 2 is 1.72 bits per heavy atom. The smallest absolute Gasteiger partial charge is 0.339 e. The van der Waals surface area contributed by atoms with E-state index in [-0.39, 0.29) is 11.4 Å². The topological polar surface area (TPSA) is 116 Å². The van der Waals surface area contributed by atoms with Gasteiger partial charge in [0, 0.05) is 10.1 Å². The van der Waals surface area contributed by atoms with Gasteiger partial charge in [0.25, 0.3) is 5.91 Å². The molecular weight excluding hydrogens is 459 g/mol. The van der Waals surface area contributed by atoms with Crippen LogP contribution in [0.15, 0.2) is 53.4 Å². The molecule has 0 radical (unpaired) electrons. The Bertz CT molecular complexity index is 882. The lowest BCUT2D eigenvalue weighted by Gasteiger charge is -2.08. The first-order valence-electron chi connectivity index (χ1n) is 7.07. The maximum atomic E-state index is 11.9. The monoisotopic (exact) mass is 474 g/mol. The summed E-state index contributed by atoms with van der Waals surface area (Å²) in [5, 5.41) is 7.59. The van der Waals surface area contributed by atoms with Gasteiger partial charge >= 0.3 is 5.97 Å². The van der Waals surface area contributed by atoms with Crippen LogP contribution < -0.4 is 10.5 Å². The van der Waals surface area contributed by atoms with E-state index in [9.17, 15) is 18.0 Å². The van der Waals surface area contributed by atoms with E-state index in [0.717, 1.165) is 3.57 Å². The highest BCUT2D eigenvalue weighted by molar-refractivity contribution is 14.1. The van der Waals surface area contributed by atoms with Crippen LogP contribution in [0.2, 0.25) is 0 Å². The average molecular weight is 474 g/mol. The largest absolute Gasteiger partial charge is 0.452 e. The first-order valence-corrected chi connectivity index (χ1v) is 9.70. The number of esters is 1. The Morgan fingerprint density at radius 3 is 2.32 bits per heavy atom. The van der Waals surface area contributed by atoms with Gasteiger partial charge in [-0.3, -0.25) is 4.79 Å². The molecule has 132 valence electrons. The van der Waals surface area contributed by atoms with Crippen molar-refractivity contribution in [2.75, 3.05) is 6.61 Å². The van der Waals surface area contributed by atoms with Gasteiger partial charge in [0.05, 0.1) is 10.5 Å². The van der Waals surface area contributed by atoms with E-state index in [4.69, 9.17) is 9.88 Å². The zero-order valence-electron chi connectivity index (χ0n) is 12.9. The molecule has 0 saturated heterocycles. The van der Waals surface area contributed by atoms with E-state index in [2.05, 4.69) is 5.32 Å². The van der Waals surface area contributed by atoms with Crippen molar-refractivity contribution in [1.82, 2.24) is 5.32 Å². The van der Waals surface area contributed by atoms with Crippen molar-refractivity contribution in [3.8, 4) is 0 Å². The van der Waals surface area contributed by atoms with Gasteiger partial charge in [0.1, 0.15) is 0 Å². The Kier molecular flexibility index (Phi) is 6.51. The van der Waals surface area contributed by atoms with Gasteiger partial charge in [0.2, 0.25) is 10.0 Å². The third kappa shape index (κ3) is 5.80. The number of carbonyl (C=O) groups is 2. The first kappa shape index (κ1) is 19.3. The lowest BCUT2D eigenvalue weighted by Crippen LogP contribution is -2.28. The van der Waals surface area contributed by atoms with Crippen LogP contribution in [0.4, 0.5) is 0 Å². The molecule has 0 aliphatic rings. The van der Waals surface area contributed by atoms with Gasteiger partial charge in [-0.1, -0.05) is 24.3 Å². The molecule has 0 spiro atoms. The van der Waals surface area contributed by atoms with Crippen LogP contribution in [-0.2, 0) is 26.1 Å². The standard InChI is InChI=1S/C16H15IN2O5S/c17-14-4-2-1-3-13(14)16(21)24-10-15(20)19-9-11-5-7-12(8-6-11)25(18,22)23/h1-8H,9-10H2,(H,19,20)(H2,18,22,23). The molecule has 0 saturated carbocycles. The summed E-state index contributed by atoms with van der Waals surface area (Å²) in [5.74, 6) is -1.03. The lowest BCUT2D eigenvalue weighted by molar-refractivity contribution is -0.124. The average Bonchev–Trinajstić information content (AvgIpc) is 2.58. The molecule has 0 unspecified atom stereocenters. The Labute approximate surface area is 158 Å². The second-order valence-corrected chi connectivity index (χ2v) is 7.75. The minimum absolute atomic E-state index is 0.00558. The number of hydrogen-bond acceptors (Lipinski definition) is 5. The number of ether oxygens (including phenoxy) is 1. The van der Waals surface area contributed by atoms with Gasteiger partial charge in [-0.25, -0.2) is 18.4 Å². The van der Waals surface area contributed by atoms with E-state index in [1.165, 1.54) is 12.1 Å². The molecule has 0 aliphatic carbocycles. The van der Waals surface area contributed by atoms with Crippen LogP contribution in [0, 0.1) is 3.57 Å². The maximum Gasteiger partial charge on any atom is 0.339 e. The third-order valence-electron chi connectivity index (χ3n) is 3.17. The molecule has 2 aromatic rings. The summed E-state index contributed by atoms with van der Waals surface area (Å²) in [4.78, 5) is 23.7. The number of halogens is 1. The van der Waals surface area contributed by atoms with Crippen LogP contribution in [0.1, 0.15) is 15.9 Å². The molecule has 0 aliphatic heterocycles. The van der Waals surface area contributed by atoms with Crippen LogP contribution in [0.3, 0.4) is 0 Å². The van der Waals surface area contributed by atoms with Crippen molar-refractivity contribution in [3.63, 3.8) is 0 Å². The molecule has 7 nitrogen and oxygen atoms in total. The fourth-order valence-electron chi connectivity index (χ4n) is 1.88. The fraction of sp³-hybridized carbons (Fsp3) is 0.125. The van der Waals surface area contributed by atoms with Crippen LogP contribution >= 0.6 is 22.6 Å². The van der Waals surface area contributed by atoms with E-state index in [1.807, 2.05) is 22.6 Å². The van der Waals surface area contributed by atoms with Gasteiger partial charge in [0.15, 0.2) is 6.61 Å². The molecule has 1 amide bonds. The van der Waals surface area contributed by atoms with Crippen LogP contribution in [0.5, 0.6) is 0 Å². The highest BCUT2D eigenvalue weighted by Crippen LogP contribution is 2.12. The lowest BCUT2D eigenvalue weighted by atomic mass is 10.2. The number of benzene rings is 2. The highest BCUT2D eigenvalue weighted by Gasteiger charge is 2.13. The summed E-state index contributed by atoms with van der Waals surface area (Å²) < 4.78 is 28.0. The zero-order valence-corrected chi connectivity index (χ0v) is 15.9. The van der Waals surface area contributed by atoms with Gasteiger partial charge in [-0.2, -0.15) is 0 Å². The first-order chi connectivity index (χ1) is 11.8. The van der Waals surface area contributed by atoms with Crippen LogP contribution in [0.25, 0.3) is 0 Å². The number of amides is 1. The number of sulfonamides is 1. The van der Waals surface area contributed by atoms with E-state index in [0.29, 0.717) is 11.1 Å². The number of rotatable bonds is 6. The van der Waals surface area contributed by atoms with Crippen molar-refractivity contribution < 1.29 is 22.7 Å². The molecule has 0 atom stereocenters. The predicted octanol–water partition coefficient (Wildman–Crippen LogP) is 1.41. The highest BCUT2D eigenvalue weighted by atomic mass is 127. The van der Waals surface area contributed by atoms with Crippen LogP contribution in [-0.4, -0.2) is 26.9 Å². The summed E-state index contributed by atoms with van der Waals surface area (Å²) in [6, 6.07) is 12.7. The quantitative estimate of drug-likeness (QED) is 0.486. The summed E-state index contributed by atoms with van der Waals surface area (Å²) in [7, 11) is -3.74. The summed E-state index contributed by atoms with van der Waals surface area (Å²) in [6.45, 7) is -0.233. The molecular formula is C16H15IN2O5S. The minimum atomic E-state index is -3.74. The molecule has 0 fully saturated rings. The summed E-state index contributed by atoms with van der Waals surface area (Å²) >= 11 is 2.01. The summed E-state index contributed by atoms with van der Waals surface area (Å²) in [6.07, 6.45) is 0. The second kappa shape index (κ2) is 8.41. The Balaban J connectivity index is 1.83. The maximum absolute atomic E-state index is 11.9. The molecule has 2 rings (SSSR count). The Morgan fingerprint density at radius 1 is 1.08 bits per heavy atom. The number of primary sulfonamides is 1. The van der Waals surface area contributed by atoms with E-state index in [1.54, 1.807) is 36.4 Å². The van der Waals surface area contributed by atoms with Gasteiger partial charge in [-0.15, -0.1) is 0 Å². The molecule has 0 heterocycles. The normalized spacial score (nSPS) is 11.0. The van der Waals surface area contributed by atoms with Gasteiger partial charge < -0.3 is 10.1 Å². The number of hydrogen-bond donors (Lipinski definition) is 2. The predicted molar refractivity (Wildman–Crippen MR) is 99.1 cm³/mol. The van der Waals surface area contributed by atoms with Crippen molar-refractivity contribution >= 4 is 44.5 Å². The fourth-order valence-corrected chi connectivity index (χ4v) is 3.01. The van der Waals surface area contributed by atoms with Crippen molar-refractivity contribution in [2.24, 2.45) is 5.14 Å². The SMILES string of the molecule is NS(=O)(=O)c1ccc(CNC(=O)COC(=O)c2ccccc2I)cc1. The molecule has 0 bridgehead atoms. The minimum Gasteiger partial charge on any atom is -0.452 e. The van der Waals surface area contributed by atoms with E-state index >= 15 is 0 Å². The third-order valence-corrected chi connectivity index (χ3v) is 5.04. The molecule has 9 heteroatoms. The molecule has 0 aromatic heterocycles. The molecule has 3 N–H and O–H groups in total. The number of nitrogens with two attached hydrogens (primary N) is 1. The second-order valence-electron chi connectivity index (χ2n) is 5.02. The van der Waals surface area contributed by atoms with Crippen molar-refractivity contribution in [1.29, 1.82) is 0 Å². The summed E-state index contributed by atoms with van der Waals surface area (Å²) in [5.41, 5.74) is 1.08. The number of carbonyl (C=O) groups excluding carboxylic acids is 2. The Hall–Kier alpha value is -1.98. The number of nitrogens with one attached hydrogen (secondary N) is 1. The molecule has 25 heavy (non-hydrogen) atoms. The van der Waals surface area contributed by atoms with E-state index < -0.39 is 28.5 Å².